The van der Waals surface area contributed by atoms with E-state index in [4.69, 9.17) is 27.9 Å². The van der Waals surface area contributed by atoms with Gasteiger partial charge in [0.1, 0.15) is 18.2 Å². The highest BCUT2D eigenvalue weighted by atomic mass is 35.5. The molecule has 0 atom stereocenters. The SMILES string of the molecule is O=C(c1ccc(Cl)c(Cl)c1)N1CCSc2nnc(COc3ccc(F)cc3)n21. The second kappa shape index (κ2) is 7.98. The zero-order valence-corrected chi connectivity index (χ0v) is 16.6. The maximum absolute atomic E-state index is 13.0. The molecule has 0 saturated heterocycles. The van der Waals surface area contributed by atoms with Crippen LogP contribution in [-0.4, -0.2) is 33.1 Å². The molecule has 0 bridgehead atoms. The van der Waals surface area contributed by atoms with E-state index in [-0.39, 0.29) is 18.3 Å². The molecule has 1 aliphatic rings. The number of ether oxygens (including phenoxy) is 1. The van der Waals surface area contributed by atoms with E-state index in [0.717, 1.165) is 0 Å². The summed E-state index contributed by atoms with van der Waals surface area (Å²) in [5.41, 5.74) is 0.409. The van der Waals surface area contributed by atoms with Crippen LogP contribution in [0.4, 0.5) is 4.39 Å². The number of rotatable bonds is 4. The van der Waals surface area contributed by atoms with E-state index < -0.39 is 0 Å². The molecule has 1 amide bonds. The number of thioether (sulfide) groups is 1. The van der Waals surface area contributed by atoms with Gasteiger partial charge in [-0.05, 0) is 42.5 Å². The van der Waals surface area contributed by atoms with Crippen molar-refractivity contribution in [2.45, 2.75) is 11.8 Å². The summed E-state index contributed by atoms with van der Waals surface area (Å²) < 4.78 is 20.3. The summed E-state index contributed by atoms with van der Waals surface area (Å²) in [4.78, 5) is 13.0. The number of nitrogens with zero attached hydrogens (tertiary/aromatic N) is 4. The van der Waals surface area contributed by atoms with Crippen molar-refractivity contribution in [2.24, 2.45) is 0 Å². The van der Waals surface area contributed by atoms with E-state index in [1.54, 1.807) is 21.8 Å². The molecule has 0 unspecified atom stereocenters. The maximum Gasteiger partial charge on any atom is 0.272 e. The molecule has 6 nitrogen and oxygen atoms in total. The van der Waals surface area contributed by atoms with E-state index in [1.807, 2.05) is 0 Å². The Morgan fingerprint density at radius 1 is 1.14 bits per heavy atom. The summed E-state index contributed by atoms with van der Waals surface area (Å²) in [6.45, 7) is 0.544. The molecule has 0 radical (unpaired) electrons. The van der Waals surface area contributed by atoms with Gasteiger partial charge >= 0.3 is 0 Å². The summed E-state index contributed by atoms with van der Waals surface area (Å²) >= 11 is 13.5. The largest absolute Gasteiger partial charge is 0.486 e. The van der Waals surface area contributed by atoms with Crippen LogP contribution in [-0.2, 0) is 6.61 Å². The standard InChI is InChI=1S/C18H13Cl2FN4O2S/c19-14-6-1-11(9-15(14)20)17(26)24-7-8-28-18-23-22-16(25(18)24)10-27-13-4-2-12(21)3-5-13/h1-6,9H,7-8,10H2. The summed E-state index contributed by atoms with van der Waals surface area (Å²) in [5, 5.41) is 11.1. The number of benzene rings is 2. The Balaban J connectivity index is 1.59. The van der Waals surface area contributed by atoms with E-state index >= 15 is 0 Å². The van der Waals surface area contributed by atoms with Crippen molar-refractivity contribution in [1.82, 2.24) is 14.9 Å². The molecule has 0 aliphatic carbocycles. The first-order chi connectivity index (χ1) is 13.5. The summed E-state index contributed by atoms with van der Waals surface area (Å²) in [5.74, 6) is 1.04. The Hall–Kier alpha value is -2.29. The van der Waals surface area contributed by atoms with Crippen molar-refractivity contribution in [3.05, 3.63) is 69.7 Å². The number of hydrogen-bond acceptors (Lipinski definition) is 5. The van der Waals surface area contributed by atoms with Gasteiger partial charge in [0.2, 0.25) is 5.16 Å². The smallest absolute Gasteiger partial charge is 0.272 e. The molecule has 1 aromatic heterocycles. The lowest BCUT2D eigenvalue weighted by atomic mass is 10.2. The fourth-order valence-electron chi connectivity index (χ4n) is 2.69. The zero-order chi connectivity index (χ0) is 19.7. The van der Waals surface area contributed by atoms with E-state index in [1.165, 1.54) is 42.1 Å². The molecular formula is C18H13Cl2FN4O2S. The van der Waals surface area contributed by atoms with Crippen molar-refractivity contribution < 1.29 is 13.9 Å². The van der Waals surface area contributed by atoms with Gasteiger partial charge in [-0.25, -0.2) is 14.1 Å². The number of fused-ring (bicyclic) bond motifs is 1. The maximum atomic E-state index is 13.0. The lowest BCUT2D eigenvalue weighted by Gasteiger charge is -2.29. The van der Waals surface area contributed by atoms with Crippen molar-refractivity contribution in [3.8, 4) is 5.75 Å². The van der Waals surface area contributed by atoms with Gasteiger partial charge in [-0.3, -0.25) is 4.79 Å². The number of hydrogen-bond donors (Lipinski definition) is 0. The van der Waals surface area contributed by atoms with Crippen LogP contribution in [0.25, 0.3) is 0 Å². The third-order valence-corrected chi connectivity index (χ3v) is 5.67. The van der Waals surface area contributed by atoms with Crippen LogP contribution in [0, 0.1) is 5.82 Å². The molecule has 0 N–H and O–H groups in total. The van der Waals surface area contributed by atoms with Gasteiger partial charge in [0.05, 0.1) is 16.6 Å². The molecule has 144 valence electrons. The van der Waals surface area contributed by atoms with Crippen molar-refractivity contribution in [2.75, 3.05) is 17.3 Å². The lowest BCUT2D eigenvalue weighted by molar-refractivity contribution is 0.0952. The average molecular weight is 439 g/mol. The lowest BCUT2D eigenvalue weighted by Crippen LogP contribution is -2.45. The second-order valence-corrected chi connectivity index (χ2v) is 7.74. The Kier molecular flexibility index (Phi) is 5.43. The topological polar surface area (TPSA) is 60.3 Å². The van der Waals surface area contributed by atoms with Crippen molar-refractivity contribution in [1.29, 1.82) is 0 Å². The zero-order valence-electron chi connectivity index (χ0n) is 14.3. The normalized spacial score (nSPS) is 13.3. The minimum absolute atomic E-state index is 0.0738. The van der Waals surface area contributed by atoms with Crippen LogP contribution in [0.5, 0.6) is 5.75 Å². The summed E-state index contributed by atoms with van der Waals surface area (Å²) in [7, 11) is 0. The van der Waals surface area contributed by atoms with Gasteiger partial charge in [-0.2, -0.15) is 0 Å². The first kappa shape index (κ1) is 19.0. The van der Waals surface area contributed by atoms with Gasteiger partial charge in [-0.1, -0.05) is 35.0 Å². The predicted octanol–water partition coefficient (Wildman–Crippen LogP) is 4.19. The quantitative estimate of drug-likeness (QED) is 0.611. The van der Waals surface area contributed by atoms with Crippen LogP contribution in [0.1, 0.15) is 16.2 Å². The van der Waals surface area contributed by atoms with E-state index in [2.05, 4.69) is 10.2 Å². The van der Waals surface area contributed by atoms with Crippen LogP contribution < -0.4 is 9.75 Å². The van der Waals surface area contributed by atoms with Gasteiger partial charge in [0.25, 0.3) is 5.91 Å². The minimum Gasteiger partial charge on any atom is -0.486 e. The number of aromatic nitrogens is 3. The Morgan fingerprint density at radius 3 is 2.68 bits per heavy atom. The highest BCUT2D eigenvalue weighted by Crippen LogP contribution is 2.27. The van der Waals surface area contributed by atoms with Gasteiger partial charge in [0.15, 0.2) is 5.82 Å². The van der Waals surface area contributed by atoms with Gasteiger partial charge in [0, 0.05) is 11.3 Å². The fraction of sp³-hybridized carbons (Fsp3) is 0.167. The van der Waals surface area contributed by atoms with E-state index in [0.29, 0.717) is 44.6 Å². The molecule has 0 spiro atoms. The molecule has 2 heterocycles. The molecule has 0 saturated carbocycles. The molecule has 2 aromatic carbocycles. The number of carbonyl (C=O) groups is 1. The van der Waals surface area contributed by atoms with Crippen LogP contribution in [0.3, 0.4) is 0 Å². The molecule has 0 fully saturated rings. The van der Waals surface area contributed by atoms with Crippen LogP contribution >= 0.6 is 35.0 Å². The average Bonchev–Trinajstić information content (AvgIpc) is 3.12. The first-order valence-electron chi connectivity index (χ1n) is 8.25. The Bertz CT molecular complexity index is 1030. The highest BCUT2D eigenvalue weighted by Gasteiger charge is 2.28. The molecule has 4 rings (SSSR count). The molecule has 3 aromatic rings. The van der Waals surface area contributed by atoms with Crippen molar-refractivity contribution >= 4 is 40.9 Å². The monoisotopic (exact) mass is 438 g/mol. The Morgan fingerprint density at radius 2 is 1.93 bits per heavy atom. The third kappa shape index (κ3) is 3.80. The summed E-state index contributed by atoms with van der Waals surface area (Å²) in [6.07, 6.45) is 0. The molecular weight excluding hydrogens is 426 g/mol. The highest BCUT2D eigenvalue weighted by molar-refractivity contribution is 7.99. The van der Waals surface area contributed by atoms with Gasteiger partial charge in [-0.15, -0.1) is 10.2 Å². The first-order valence-corrected chi connectivity index (χ1v) is 10.00. The Labute approximate surface area is 174 Å². The number of halogens is 3. The predicted molar refractivity (Wildman–Crippen MR) is 105 cm³/mol. The minimum atomic E-state index is -0.345. The number of carbonyl (C=O) groups excluding carboxylic acids is 1. The molecule has 1 aliphatic heterocycles. The summed E-state index contributed by atoms with van der Waals surface area (Å²) in [6, 6.07) is 10.4. The second-order valence-electron chi connectivity index (χ2n) is 5.86. The van der Waals surface area contributed by atoms with Crippen molar-refractivity contribution in [3.63, 3.8) is 0 Å². The van der Waals surface area contributed by atoms with Crippen LogP contribution in [0.15, 0.2) is 47.6 Å². The molecule has 10 heteroatoms. The van der Waals surface area contributed by atoms with Gasteiger partial charge < -0.3 is 4.74 Å². The fourth-order valence-corrected chi connectivity index (χ4v) is 3.86. The number of amides is 1. The van der Waals surface area contributed by atoms with Crippen LogP contribution in [0.2, 0.25) is 10.0 Å². The van der Waals surface area contributed by atoms with E-state index in [9.17, 15) is 9.18 Å². The molecule has 28 heavy (non-hydrogen) atoms. The third-order valence-electron chi connectivity index (χ3n) is 4.03.